The predicted molar refractivity (Wildman–Crippen MR) is 377 cm³/mol. The van der Waals surface area contributed by atoms with Crippen molar-refractivity contribution in [3.63, 3.8) is 0 Å². The molecule has 0 spiro atoms. The van der Waals surface area contributed by atoms with Crippen LogP contribution >= 0.6 is 0 Å². The third kappa shape index (κ3) is 26.3. The van der Waals surface area contributed by atoms with Crippen LogP contribution in [0.5, 0.6) is 23.0 Å². The van der Waals surface area contributed by atoms with Gasteiger partial charge in [0, 0.05) is 6.61 Å². The van der Waals surface area contributed by atoms with E-state index in [2.05, 4.69) is 88.4 Å². The molecule has 0 saturated heterocycles. The maximum atomic E-state index is 13.0. The summed E-state index contributed by atoms with van der Waals surface area (Å²) in [5, 5.41) is 28.9. The number of benzene rings is 6. The molecule has 3 N–H and O–H groups in total. The molecule has 10 atom stereocenters. The molecule has 6 aromatic carbocycles. The zero-order valence-corrected chi connectivity index (χ0v) is 59.0. The van der Waals surface area contributed by atoms with E-state index in [1.807, 2.05) is 137 Å². The number of ether oxygens (including phenoxy) is 5. The molecule has 0 aromatic heterocycles. The molecule has 11 nitrogen and oxygen atoms in total. The maximum Gasteiger partial charge on any atom is 0.309 e. The van der Waals surface area contributed by atoms with Crippen LogP contribution in [0.1, 0.15) is 263 Å². The molecule has 508 valence electrons. The highest BCUT2D eigenvalue weighted by Crippen LogP contribution is 2.42. The van der Waals surface area contributed by atoms with Gasteiger partial charge in [0.15, 0.2) is 6.29 Å². The highest BCUT2D eigenvalue weighted by Gasteiger charge is 2.38. The summed E-state index contributed by atoms with van der Waals surface area (Å²) < 4.78 is 28.7. The van der Waals surface area contributed by atoms with E-state index < -0.39 is 11.2 Å². The maximum absolute atomic E-state index is 13.0. The van der Waals surface area contributed by atoms with E-state index in [4.69, 9.17) is 23.7 Å². The van der Waals surface area contributed by atoms with Crippen LogP contribution in [0.25, 0.3) is 0 Å². The Kier molecular flexibility index (Phi) is 31.0. The molecule has 0 amide bonds. The fourth-order valence-electron chi connectivity index (χ4n) is 13.0. The van der Waals surface area contributed by atoms with Gasteiger partial charge in [-0.3, -0.25) is 14.4 Å². The minimum Gasteiger partial charge on any atom is -0.508 e. The van der Waals surface area contributed by atoms with Crippen LogP contribution in [0, 0.1) is 17.8 Å². The quantitative estimate of drug-likeness (QED) is 0.0224. The van der Waals surface area contributed by atoms with E-state index in [9.17, 15) is 29.7 Å². The first-order valence-electron chi connectivity index (χ1n) is 34.7. The minimum atomic E-state index is -0.505. The van der Waals surface area contributed by atoms with Gasteiger partial charge in [-0.25, -0.2) is 0 Å². The third-order valence-electron chi connectivity index (χ3n) is 18.3. The van der Waals surface area contributed by atoms with Crippen molar-refractivity contribution >= 4 is 17.9 Å². The molecule has 1 fully saturated rings. The number of hydrogen-bond acceptors (Lipinski definition) is 11. The van der Waals surface area contributed by atoms with Gasteiger partial charge in [-0.05, 0) is 263 Å². The molecule has 10 unspecified atom stereocenters. The van der Waals surface area contributed by atoms with Crippen LogP contribution in [0.3, 0.4) is 0 Å². The molecule has 0 heterocycles. The minimum absolute atomic E-state index is 0.0395. The van der Waals surface area contributed by atoms with Crippen LogP contribution in [-0.2, 0) is 33.3 Å². The Bertz CT molecular complexity index is 3070. The second-order valence-corrected chi connectivity index (χ2v) is 28.1. The lowest BCUT2D eigenvalue weighted by molar-refractivity contribution is -0.165. The van der Waals surface area contributed by atoms with Gasteiger partial charge >= 0.3 is 17.9 Å². The smallest absolute Gasteiger partial charge is 0.309 e. The first kappa shape index (κ1) is 76.6. The van der Waals surface area contributed by atoms with Gasteiger partial charge in [0.25, 0.3) is 0 Å². The summed E-state index contributed by atoms with van der Waals surface area (Å²) in [5.74, 6) is 2.53. The van der Waals surface area contributed by atoms with E-state index in [0.29, 0.717) is 36.5 Å². The number of phenols is 3. The average molecular weight is 1280 g/mol. The Hall–Kier alpha value is -7.11. The topological polar surface area (TPSA) is 158 Å². The Morgan fingerprint density at radius 3 is 1.01 bits per heavy atom. The van der Waals surface area contributed by atoms with Crippen LogP contribution in [-0.4, -0.2) is 62.9 Å². The van der Waals surface area contributed by atoms with E-state index in [1.54, 1.807) is 36.4 Å². The highest BCUT2D eigenvalue weighted by atomic mass is 16.7. The van der Waals surface area contributed by atoms with Crippen LogP contribution in [0.15, 0.2) is 158 Å². The molecule has 7 rings (SSSR count). The van der Waals surface area contributed by atoms with Gasteiger partial charge in [0.05, 0.1) is 17.8 Å². The van der Waals surface area contributed by atoms with Crippen molar-refractivity contribution in [3.05, 3.63) is 191 Å². The molecule has 0 radical (unpaired) electrons. The fraction of sp³-hybridized carbons (Fsp3) is 0.524. The van der Waals surface area contributed by atoms with Gasteiger partial charge < -0.3 is 39.0 Å². The summed E-state index contributed by atoms with van der Waals surface area (Å²) in [5.41, 5.74) is 6.18. The Balaban J connectivity index is 0.000000254. The van der Waals surface area contributed by atoms with Crippen molar-refractivity contribution in [2.75, 3.05) is 6.61 Å². The van der Waals surface area contributed by atoms with Crippen molar-refractivity contribution in [1.29, 1.82) is 0 Å². The van der Waals surface area contributed by atoms with Crippen LogP contribution in [0.4, 0.5) is 0 Å². The highest BCUT2D eigenvalue weighted by molar-refractivity contribution is 5.73. The second-order valence-electron chi connectivity index (χ2n) is 28.1. The van der Waals surface area contributed by atoms with Crippen molar-refractivity contribution in [1.82, 2.24) is 0 Å². The van der Waals surface area contributed by atoms with Gasteiger partial charge in [0.1, 0.15) is 39.8 Å². The van der Waals surface area contributed by atoms with Gasteiger partial charge in [-0.1, -0.05) is 158 Å². The summed E-state index contributed by atoms with van der Waals surface area (Å²) in [7, 11) is 0. The molecule has 1 saturated carbocycles. The Morgan fingerprint density at radius 1 is 0.409 bits per heavy atom. The third-order valence-corrected chi connectivity index (χ3v) is 18.3. The monoisotopic (exact) mass is 1270 g/mol. The Labute approximate surface area is 559 Å². The number of hydrogen-bond donors (Lipinski definition) is 3. The van der Waals surface area contributed by atoms with Gasteiger partial charge in [-0.2, -0.15) is 0 Å². The fourth-order valence-corrected chi connectivity index (χ4v) is 13.0. The predicted octanol–water partition coefficient (Wildman–Crippen LogP) is 21.0. The van der Waals surface area contributed by atoms with Crippen molar-refractivity contribution < 1.29 is 53.4 Å². The largest absolute Gasteiger partial charge is 0.508 e. The number of phenolic OH excluding ortho intramolecular Hbond substituents is 3. The molecule has 0 aliphatic heterocycles. The zero-order chi connectivity index (χ0) is 68.3. The van der Waals surface area contributed by atoms with Crippen LogP contribution in [0.2, 0.25) is 0 Å². The standard InChI is InChI=1S/C29H42O5.C28H38O3.C25H34O3/c1-8-22(23-10-14-26(30)15-11-23)19-25(18-20(3)28(31)34-29(5,6)7)24-12-16-27(17-13-24)33-21(4)32-9-2;1-4-22(24-13-15-26(29)16-14-24)20-25(23-11-7-6-8-12-23)19-21(3)27(30)31-28(5-2)17-9-10-18-28;1-6-19(21-12-14-23(26)15-13-21)17-22(20-10-8-7-9-11-20)16-18(2)24(27)28-25(3,4)5/h10-17,20-22,25,30H,8-9,18-19H2,1-7H3;6-8,11-16,21-22,25,29H,4-5,9-10,17-20H2,1-3H3;7-15,18-19,22,26H,6,16-17H2,1-5H3. The van der Waals surface area contributed by atoms with Crippen molar-refractivity contribution in [2.24, 2.45) is 17.8 Å². The molecular weight excluding hydrogens is 1160 g/mol. The number of rotatable bonds is 30. The molecular formula is C82H114O11. The number of aromatic hydroxyl groups is 3. The molecule has 1 aliphatic carbocycles. The lowest BCUT2D eigenvalue weighted by Crippen LogP contribution is -2.34. The summed E-state index contributed by atoms with van der Waals surface area (Å²) in [6.45, 7) is 30.5. The van der Waals surface area contributed by atoms with Crippen LogP contribution < -0.4 is 4.74 Å². The normalized spacial score (nSPS) is 16.2. The molecule has 1 aliphatic rings. The van der Waals surface area contributed by atoms with Crippen molar-refractivity contribution in [2.45, 2.75) is 252 Å². The van der Waals surface area contributed by atoms with E-state index in [1.165, 1.54) is 33.4 Å². The number of carbonyl (C=O) groups is 3. The lowest BCUT2D eigenvalue weighted by Gasteiger charge is -2.31. The van der Waals surface area contributed by atoms with E-state index in [0.717, 1.165) is 89.2 Å². The second kappa shape index (κ2) is 37.7. The van der Waals surface area contributed by atoms with E-state index in [-0.39, 0.29) is 76.8 Å². The molecule has 11 heteroatoms. The van der Waals surface area contributed by atoms with Gasteiger partial charge in [0.2, 0.25) is 0 Å². The summed E-state index contributed by atoms with van der Waals surface area (Å²) in [4.78, 5) is 38.3. The summed E-state index contributed by atoms with van der Waals surface area (Å²) in [6, 6.07) is 51.6. The summed E-state index contributed by atoms with van der Waals surface area (Å²) in [6.07, 6.45) is 13.0. The zero-order valence-electron chi connectivity index (χ0n) is 59.0. The van der Waals surface area contributed by atoms with Crippen molar-refractivity contribution in [3.8, 4) is 23.0 Å². The Morgan fingerprint density at radius 2 is 0.710 bits per heavy atom. The molecule has 93 heavy (non-hydrogen) atoms. The van der Waals surface area contributed by atoms with Gasteiger partial charge in [-0.15, -0.1) is 0 Å². The first-order chi connectivity index (χ1) is 44.2. The first-order valence-corrected chi connectivity index (χ1v) is 34.7. The summed E-state index contributed by atoms with van der Waals surface area (Å²) >= 11 is 0. The molecule has 6 aromatic rings. The SMILES string of the molecule is CCC(CC(CC(C)C(=O)OC(C)(C)C)c1ccccc1)c1ccc(O)cc1.CCC(CC(CC(C)C(=O)OC1(CC)CCCC1)c1ccccc1)c1ccc(O)cc1.CCOC(C)Oc1ccc(C(CC(C)C(=O)OC(C)(C)C)CC(CC)c2ccc(O)cc2)cc1. The lowest BCUT2D eigenvalue weighted by atomic mass is 9.79. The molecule has 0 bridgehead atoms. The number of carbonyl (C=O) groups excluding carboxylic acids is 3. The van der Waals surface area contributed by atoms with E-state index >= 15 is 0 Å². The average Bonchev–Trinajstić information content (AvgIpc) is 1.82. The number of esters is 3.